The first-order valence-electron chi connectivity index (χ1n) is 6.57. The monoisotopic (exact) mass is 339 g/mol. The van der Waals surface area contributed by atoms with Crippen LogP contribution in [-0.2, 0) is 9.53 Å². The van der Waals surface area contributed by atoms with Crippen molar-refractivity contribution in [2.75, 3.05) is 34.5 Å². The number of thiocarbonyl (C=S) groups is 1. The Labute approximate surface area is 139 Å². The molecule has 118 valence electrons. The zero-order valence-corrected chi connectivity index (χ0v) is 14.3. The van der Waals surface area contributed by atoms with Gasteiger partial charge in [-0.25, -0.2) is 0 Å². The van der Waals surface area contributed by atoms with E-state index >= 15 is 0 Å². The summed E-state index contributed by atoms with van der Waals surface area (Å²) in [5.74, 6) is 1.25. The molecular weight excluding hydrogens is 322 g/mol. The van der Waals surface area contributed by atoms with E-state index in [9.17, 15) is 4.79 Å². The van der Waals surface area contributed by atoms with Crippen LogP contribution in [0.4, 0.5) is 0 Å². The van der Waals surface area contributed by atoms with Crippen molar-refractivity contribution >= 4 is 40.3 Å². The summed E-state index contributed by atoms with van der Waals surface area (Å²) in [5.41, 5.74) is 0.772. The van der Waals surface area contributed by atoms with Gasteiger partial charge in [0.1, 0.15) is 15.8 Å². The first-order chi connectivity index (χ1) is 10.6. The molecule has 0 radical (unpaired) electrons. The molecule has 1 aromatic carbocycles. The van der Waals surface area contributed by atoms with E-state index in [2.05, 4.69) is 0 Å². The number of methoxy groups -OCH3 is 3. The average Bonchev–Trinajstić information content (AvgIpc) is 2.79. The highest BCUT2D eigenvalue weighted by atomic mass is 32.2. The van der Waals surface area contributed by atoms with E-state index in [4.69, 9.17) is 26.4 Å². The molecule has 1 aromatic rings. The lowest BCUT2D eigenvalue weighted by molar-refractivity contribution is -0.122. The lowest BCUT2D eigenvalue weighted by Crippen LogP contribution is -2.31. The molecule has 5 nitrogen and oxygen atoms in total. The van der Waals surface area contributed by atoms with Gasteiger partial charge in [0, 0.05) is 12.7 Å². The molecule has 1 amide bonds. The van der Waals surface area contributed by atoms with Gasteiger partial charge in [-0.05, 0) is 24.3 Å². The Morgan fingerprint density at radius 1 is 1.27 bits per heavy atom. The predicted molar refractivity (Wildman–Crippen MR) is 91.3 cm³/mol. The van der Waals surface area contributed by atoms with Gasteiger partial charge in [-0.3, -0.25) is 9.69 Å². The van der Waals surface area contributed by atoms with E-state index in [1.165, 1.54) is 11.8 Å². The third kappa shape index (κ3) is 3.60. The van der Waals surface area contributed by atoms with Crippen molar-refractivity contribution in [1.82, 2.24) is 4.90 Å². The topological polar surface area (TPSA) is 48.0 Å². The Bertz CT molecular complexity index is 616. The molecule has 2 rings (SSSR count). The molecule has 0 unspecified atom stereocenters. The summed E-state index contributed by atoms with van der Waals surface area (Å²) >= 11 is 6.53. The Hall–Kier alpha value is -1.57. The fourth-order valence-corrected chi connectivity index (χ4v) is 3.27. The van der Waals surface area contributed by atoms with Gasteiger partial charge in [0.25, 0.3) is 5.91 Å². The molecular formula is C15H17NO4S2. The van der Waals surface area contributed by atoms with Gasteiger partial charge < -0.3 is 14.2 Å². The molecule has 1 aliphatic heterocycles. The SMILES string of the molecule is COCCN1C(=O)/C(=C/c2cc(OC)ccc2OC)SC1=S. The number of rotatable bonds is 6. The maximum Gasteiger partial charge on any atom is 0.266 e. The summed E-state index contributed by atoms with van der Waals surface area (Å²) in [5, 5.41) is 0. The first-order valence-corrected chi connectivity index (χ1v) is 7.79. The lowest BCUT2D eigenvalue weighted by atomic mass is 10.1. The number of ether oxygens (including phenoxy) is 3. The summed E-state index contributed by atoms with van der Waals surface area (Å²) in [7, 11) is 4.77. The summed E-state index contributed by atoms with van der Waals surface area (Å²) in [6.45, 7) is 0.899. The number of benzene rings is 1. The largest absolute Gasteiger partial charge is 0.497 e. The second-order valence-corrected chi connectivity index (χ2v) is 6.11. The molecule has 0 bridgehead atoms. The number of hydrogen-bond acceptors (Lipinski definition) is 6. The molecule has 1 saturated heterocycles. The minimum atomic E-state index is -0.114. The maximum atomic E-state index is 12.4. The highest BCUT2D eigenvalue weighted by Crippen LogP contribution is 2.35. The number of carbonyl (C=O) groups excluding carboxylic acids is 1. The number of nitrogens with zero attached hydrogens (tertiary/aromatic N) is 1. The van der Waals surface area contributed by atoms with Crippen LogP contribution in [0.2, 0.25) is 0 Å². The molecule has 1 aliphatic rings. The second-order valence-electron chi connectivity index (χ2n) is 4.43. The number of thioether (sulfide) groups is 1. The molecule has 22 heavy (non-hydrogen) atoms. The van der Waals surface area contributed by atoms with Crippen LogP contribution in [0.5, 0.6) is 11.5 Å². The molecule has 0 N–H and O–H groups in total. The van der Waals surface area contributed by atoms with E-state index in [0.29, 0.717) is 33.9 Å². The minimum Gasteiger partial charge on any atom is -0.497 e. The van der Waals surface area contributed by atoms with Gasteiger partial charge >= 0.3 is 0 Å². The molecule has 1 heterocycles. The fourth-order valence-electron chi connectivity index (χ4n) is 1.97. The smallest absolute Gasteiger partial charge is 0.266 e. The van der Waals surface area contributed by atoms with Crippen molar-refractivity contribution in [2.45, 2.75) is 0 Å². The van der Waals surface area contributed by atoms with Crippen molar-refractivity contribution in [3.63, 3.8) is 0 Å². The van der Waals surface area contributed by atoms with Gasteiger partial charge in [-0.15, -0.1) is 0 Å². The van der Waals surface area contributed by atoms with E-state index in [1.807, 2.05) is 6.07 Å². The van der Waals surface area contributed by atoms with Crippen molar-refractivity contribution in [3.05, 3.63) is 28.7 Å². The van der Waals surface area contributed by atoms with Crippen molar-refractivity contribution in [2.24, 2.45) is 0 Å². The van der Waals surface area contributed by atoms with Crippen LogP contribution in [0, 0.1) is 0 Å². The van der Waals surface area contributed by atoms with Crippen LogP contribution in [0.25, 0.3) is 6.08 Å². The maximum absolute atomic E-state index is 12.4. The molecule has 0 atom stereocenters. The Kier molecular flexibility index (Phi) is 5.82. The standard InChI is InChI=1S/C15H17NO4S2/c1-18-7-6-16-14(17)13(22-15(16)21)9-10-8-11(19-2)4-5-12(10)20-3/h4-5,8-9H,6-7H2,1-3H3/b13-9-. The summed E-state index contributed by atoms with van der Waals surface area (Å²) in [6, 6.07) is 5.43. The third-order valence-electron chi connectivity index (χ3n) is 3.12. The molecule has 0 saturated carbocycles. The Balaban J connectivity index is 2.30. The van der Waals surface area contributed by atoms with Crippen molar-refractivity contribution < 1.29 is 19.0 Å². The van der Waals surface area contributed by atoms with Gasteiger partial charge in [0.15, 0.2) is 0 Å². The third-order valence-corrected chi connectivity index (χ3v) is 4.49. The zero-order chi connectivity index (χ0) is 16.1. The predicted octanol–water partition coefficient (Wildman–Crippen LogP) is 2.55. The molecule has 0 aliphatic carbocycles. The molecule has 7 heteroatoms. The van der Waals surface area contributed by atoms with Gasteiger partial charge in [-0.1, -0.05) is 24.0 Å². The van der Waals surface area contributed by atoms with Gasteiger partial charge in [-0.2, -0.15) is 0 Å². The zero-order valence-electron chi connectivity index (χ0n) is 12.6. The van der Waals surface area contributed by atoms with Gasteiger partial charge in [0.05, 0.1) is 32.3 Å². The first kappa shape index (κ1) is 16.8. The van der Waals surface area contributed by atoms with Crippen molar-refractivity contribution in [1.29, 1.82) is 0 Å². The molecule has 0 spiro atoms. The van der Waals surface area contributed by atoms with Crippen LogP contribution in [0.15, 0.2) is 23.1 Å². The quantitative estimate of drug-likeness (QED) is 0.586. The van der Waals surface area contributed by atoms with E-state index < -0.39 is 0 Å². The molecule has 1 fully saturated rings. The fraction of sp³-hybridized carbons (Fsp3) is 0.333. The number of carbonyl (C=O) groups is 1. The van der Waals surface area contributed by atoms with E-state index in [1.54, 1.807) is 44.4 Å². The van der Waals surface area contributed by atoms with Crippen LogP contribution in [-0.4, -0.2) is 49.6 Å². The highest BCUT2D eigenvalue weighted by Gasteiger charge is 2.31. The summed E-state index contributed by atoms with van der Waals surface area (Å²) in [6.07, 6.45) is 1.77. The summed E-state index contributed by atoms with van der Waals surface area (Å²) < 4.78 is 16.1. The summed E-state index contributed by atoms with van der Waals surface area (Å²) in [4.78, 5) is 14.5. The van der Waals surface area contributed by atoms with Crippen LogP contribution in [0.1, 0.15) is 5.56 Å². The van der Waals surface area contributed by atoms with Crippen LogP contribution in [0.3, 0.4) is 0 Å². The highest BCUT2D eigenvalue weighted by molar-refractivity contribution is 8.26. The average molecular weight is 339 g/mol. The normalized spacial score (nSPS) is 16.5. The number of hydrogen-bond donors (Lipinski definition) is 0. The van der Waals surface area contributed by atoms with Crippen LogP contribution < -0.4 is 9.47 Å². The van der Waals surface area contributed by atoms with Gasteiger partial charge in [0.2, 0.25) is 0 Å². The van der Waals surface area contributed by atoms with E-state index in [0.717, 1.165) is 5.56 Å². The Morgan fingerprint density at radius 2 is 2.05 bits per heavy atom. The lowest BCUT2D eigenvalue weighted by Gasteiger charge is -2.13. The number of amides is 1. The molecule has 0 aromatic heterocycles. The minimum absolute atomic E-state index is 0.114. The Morgan fingerprint density at radius 3 is 2.68 bits per heavy atom. The second kappa shape index (κ2) is 7.62. The van der Waals surface area contributed by atoms with E-state index in [-0.39, 0.29) is 5.91 Å². The van der Waals surface area contributed by atoms with Crippen LogP contribution >= 0.6 is 24.0 Å². The van der Waals surface area contributed by atoms with Crippen molar-refractivity contribution in [3.8, 4) is 11.5 Å².